The highest BCUT2D eigenvalue weighted by Gasteiger charge is 2.49. The summed E-state index contributed by atoms with van der Waals surface area (Å²) in [5.74, 6) is 0.416. The first-order valence-electron chi connectivity index (χ1n) is 11.7. The molecule has 1 fully saturated rings. The van der Waals surface area contributed by atoms with Gasteiger partial charge in [0.15, 0.2) is 0 Å². The molecule has 0 saturated carbocycles. The van der Waals surface area contributed by atoms with Crippen LogP contribution in [0.15, 0.2) is 42.5 Å². The standard InChI is InChI=1S/C26H31FN4O3/c1-29-12-10-26(11-13-29)16-31(25(33)28-18-6-4-17(27)5-7-18)22(15-32)24-23(26)20-9-8-19(34-3)14-21(20)30(24)2/h4-9,14,22,32H,10-13,15-16H2,1-3H3,(H,28,33)/t22-/m1/s1. The fraction of sp³-hybridized carbons (Fsp3) is 0.423. The Balaban J connectivity index is 1.63. The molecule has 2 aliphatic rings. The van der Waals surface area contributed by atoms with E-state index in [1.807, 2.05) is 19.2 Å². The lowest BCUT2D eigenvalue weighted by atomic mass is 9.68. The molecule has 2 aliphatic heterocycles. The van der Waals surface area contributed by atoms with Crippen LogP contribution in [0, 0.1) is 5.82 Å². The van der Waals surface area contributed by atoms with Crippen LogP contribution >= 0.6 is 0 Å². The number of aryl methyl sites for hydroxylation is 1. The van der Waals surface area contributed by atoms with Gasteiger partial charge in [0.25, 0.3) is 0 Å². The molecule has 2 N–H and O–H groups in total. The first-order valence-corrected chi connectivity index (χ1v) is 11.7. The van der Waals surface area contributed by atoms with E-state index >= 15 is 0 Å². The first-order chi connectivity index (χ1) is 16.4. The van der Waals surface area contributed by atoms with Crippen LogP contribution in [0.2, 0.25) is 0 Å². The molecule has 0 bridgehead atoms. The first kappa shape index (κ1) is 22.7. The third-order valence-electron chi connectivity index (χ3n) is 7.62. The van der Waals surface area contributed by atoms with Crippen LogP contribution in [0.25, 0.3) is 10.9 Å². The number of aliphatic hydroxyl groups excluding tert-OH is 1. The number of aromatic nitrogens is 1. The lowest BCUT2D eigenvalue weighted by Gasteiger charge is -2.50. The highest BCUT2D eigenvalue weighted by molar-refractivity contribution is 5.92. The van der Waals surface area contributed by atoms with E-state index in [9.17, 15) is 14.3 Å². The van der Waals surface area contributed by atoms with Crippen LogP contribution in [-0.4, -0.2) is 65.9 Å². The predicted molar refractivity (Wildman–Crippen MR) is 130 cm³/mol. The van der Waals surface area contributed by atoms with Crippen molar-refractivity contribution in [3.05, 3.63) is 59.5 Å². The van der Waals surface area contributed by atoms with Gasteiger partial charge in [0.05, 0.1) is 25.3 Å². The Morgan fingerprint density at radius 3 is 2.53 bits per heavy atom. The number of nitrogens with one attached hydrogen (secondary N) is 1. The molecule has 34 heavy (non-hydrogen) atoms. The molecule has 5 rings (SSSR count). The summed E-state index contributed by atoms with van der Waals surface area (Å²) < 4.78 is 20.9. The Morgan fingerprint density at radius 2 is 1.88 bits per heavy atom. The minimum Gasteiger partial charge on any atom is -0.497 e. The molecule has 0 radical (unpaired) electrons. The fourth-order valence-electron chi connectivity index (χ4n) is 5.75. The number of likely N-dealkylation sites (tertiary alicyclic amines) is 1. The molecule has 1 saturated heterocycles. The number of carbonyl (C=O) groups is 1. The Morgan fingerprint density at radius 1 is 1.18 bits per heavy atom. The number of amides is 2. The number of benzene rings is 2. The molecule has 3 aromatic rings. The van der Waals surface area contributed by atoms with E-state index in [4.69, 9.17) is 4.74 Å². The number of halogens is 1. The van der Waals surface area contributed by atoms with Gasteiger partial charge in [-0.05, 0) is 74.9 Å². The van der Waals surface area contributed by atoms with E-state index in [1.54, 1.807) is 24.1 Å². The lowest BCUT2D eigenvalue weighted by Crippen LogP contribution is -2.56. The summed E-state index contributed by atoms with van der Waals surface area (Å²) in [6.45, 7) is 2.19. The number of nitrogens with zero attached hydrogens (tertiary/aromatic N) is 3. The monoisotopic (exact) mass is 466 g/mol. The molecule has 7 nitrogen and oxygen atoms in total. The summed E-state index contributed by atoms with van der Waals surface area (Å²) in [6.07, 6.45) is 1.83. The van der Waals surface area contributed by atoms with Gasteiger partial charge in [0.1, 0.15) is 11.6 Å². The minimum absolute atomic E-state index is 0.193. The SMILES string of the molecule is COc1ccc2c3c(n(C)c2c1)[C@@H](CO)N(C(=O)Nc1ccc(F)cc1)CC31CCN(C)CC1. The predicted octanol–water partition coefficient (Wildman–Crippen LogP) is 3.87. The van der Waals surface area contributed by atoms with E-state index in [-0.39, 0.29) is 23.9 Å². The molecule has 2 aromatic carbocycles. The third-order valence-corrected chi connectivity index (χ3v) is 7.62. The van der Waals surface area contributed by atoms with Crippen molar-refractivity contribution in [1.82, 2.24) is 14.4 Å². The maximum absolute atomic E-state index is 13.5. The van der Waals surface area contributed by atoms with Crippen LogP contribution in [0.3, 0.4) is 0 Å². The van der Waals surface area contributed by atoms with Gasteiger partial charge in [0.2, 0.25) is 0 Å². The van der Waals surface area contributed by atoms with Gasteiger partial charge in [-0.15, -0.1) is 0 Å². The lowest BCUT2D eigenvalue weighted by molar-refractivity contribution is 0.0766. The van der Waals surface area contributed by atoms with E-state index in [2.05, 4.69) is 27.9 Å². The smallest absolute Gasteiger partial charge is 0.322 e. The van der Waals surface area contributed by atoms with Crippen molar-refractivity contribution in [2.45, 2.75) is 24.3 Å². The van der Waals surface area contributed by atoms with Crippen molar-refractivity contribution in [1.29, 1.82) is 0 Å². The zero-order valence-electron chi connectivity index (χ0n) is 19.8. The van der Waals surface area contributed by atoms with Crippen molar-refractivity contribution in [2.24, 2.45) is 7.05 Å². The van der Waals surface area contributed by atoms with Gasteiger partial charge in [-0.1, -0.05) is 0 Å². The van der Waals surface area contributed by atoms with Gasteiger partial charge >= 0.3 is 6.03 Å². The number of hydrogen-bond acceptors (Lipinski definition) is 4. The third kappa shape index (κ3) is 3.61. The number of fused-ring (bicyclic) bond motifs is 4. The van der Waals surface area contributed by atoms with Crippen molar-refractivity contribution in [2.75, 3.05) is 45.7 Å². The second kappa shape index (κ2) is 8.60. The molecule has 0 unspecified atom stereocenters. The summed E-state index contributed by atoms with van der Waals surface area (Å²) in [5.41, 5.74) is 3.54. The number of rotatable bonds is 3. The molecule has 1 spiro atoms. The topological polar surface area (TPSA) is 70.0 Å². The molecule has 3 heterocycles. The average Bonchev–Trinajstić information content (AvgIpc) is 3.15. The Labute approximate surface area is 198 Å². The van der Waals surface area contributed by atoms with Gasteiger partial charge in [-0.25, -0.2) is 9.18 Å². The Kier molecular flexibility index (Phi) is 5.73. The molecule has 1 aromatic heterocycles. The molecule has 1 atom stereocenters. The van der Waals surface area contributed by atoms with Crippen LogP contribution in [0.4, 0.5) is 14.9 Å². The zero-order chi connectivity index (χ0) is 24.0. The Hall–Kier alpha value is -3.10. The highest BCUT2D eigenvalue weighted by atomic mass is 19.1. The molecule has 0 aliphatic carbocycles. The summed E-state index contributed by atoms with van der Waals surface area (Å²) >= 11 is 0. The van der Waals surface area contributed by atoms with Gasteiger partial charge in [-0.3, -0.25) is 0 Å². The number of methoxy groups -OCH3 is 1. The average molecular weight is 467 g/mol. The molecular weight excluding hydrogens is 435 g/mol. The fourth-order valence-corrected chi connectivity index (χ4v) is 5.75. The minimum atomic E-state index is -0.496. The van der Waals surface area contributed by atoms with Crippen molar-refractivity contribution in [3.63, 3.8) is 0 Å². The molecule has 2 amide bonds. The molecular formula is C26H31FN4O3. The van der Waals surface area contributed by atoms with Crippen LogP contribution in [-0.2, 0) is 12.5 Å². The number of piperidine rings is 1. The number of carbonyl (C=O) groups excluding carboxylic acids is 1. The number of hydrogen-bond donors (Lipinski definition) is 2. The molecule has 8 heteroatoms. The molecule has 180 valence electrons. The van der Waals surface area contributed by atoms with Crippen molar-refractivity contribution < 1.29 is 19.0 Å². The second-order valence-electron chi connectivity index (χ2n) is 9.55. The van der Waals surface area contributed by atoms with Crippen molar-refractivity contribution >= 4 is 22.6 Å². The number of ether oxygens (including phenoxy) is 1. The Bertz CT molecular complexity index is 1220. The maximum atomic E-state index is 13.5. The van der Waals surface area contributed by atoms with Gasteiger partial charge < -0.3 is 29.5 Å². The quantitative estimate of drug-likeness (QED) is 0.615. The van der Waals surface area contributed by atoms with Gasteiger partial charge in [-0.2, -0.15) is 0 Å². The largest absolute Gasteiger partial charge is 0.497 e. The number of anilines is 1. The van der Waals surface area contributed by atoms with E-state index in [0.29, 0.717) is 12.2 Å². The van der Waals surface area contributed by atoms with Crippen molar-refractivity contribution in [3.8, 4) is 5.75 Å². The van der Waals surface area contributed by atoms with Crippen LogP contribution in [0.5, 0.6) is 5.75 Å². The van der Waals surface area contributed by atoms with Gasteiger partial charge in [0, 0.05) is 41.8 Å². The normalized spacial score (nSPS) is 19.9. The summed E-state index contributed by atoms with van der Waals surface area (Å²) in [4.78, 5) is 17.6. The van der Waals surface area contributed by atoms with Crippen LogP contribution < -0.4 is 10.1 Å². The summed E-state index contributed by atoms with van der Waals surface area (Å²) in [7, 11) is 5.77. The number of urea groups is 1. The summed E-state index contributed by atoms with van der Waals surface area (Å²) in [5, 5.41) is 14.6. The number of aliphatic hydroxyl groups is 1. The summed E-state index contributed by atoms with van der Waals surface area (Å²) in [6, 6.07) is 11.1. The second-order valence-corrected chi connectivity index (χ2v) is 9.55. The zero-order valence-corrected chi connectivity index (χ0v) is 19.8. The maximum Gasteiger partial charge on any atom is 0.322 e. The van der Waals surface area contributed by atoms with E-state index in [1.165, 1.54) is 17.7 Å². The van der Waals surface area contributed by atoms with E-state index in [0.717, 1.165) is 48.3 Å². The van der Waals surface area contributed by atoms with E-state index < -0.39 is 6.04 Å². The van der Waals surface area contributed by atoms with Crippen LogP contribution in [0.1, 0.15) is 30.1 Å². The highest BCUT2D eigenvalue weighted by Crippen LogP contribution is 2.50.